The van der Waals surface area contributed by atoms with Gasteiger partial charge < -0.3 is 5.73 Å². The number of rotatable bonds is 1. The van der Waals surface area contributed by atoms with Crippen LogP contribution >= 0.6 is 11.6 Å². The van der Waals surface area contributed by atoms with Gasteiger partial charge in [0, 0.05) is 5.39 Å². The highest BCUT2D eigenvalue weighted by Gasteiger charge is 2.10. The van der Waals surface area contributed by atoms with Gasteiger partial charge in [0.2, 0.25) is 0 Å². The molecule has 0 unspecified atom stereocenters. The average Bonchev–Trinajstić information content (AvgIpc) is 2.18. The predicted molar refractivity (Wildman–Crippen MR) is 65.2 cm³/mol. The third kappa shape index (κ3) is 1.83. The molecule has 2 N–H and O–H groups in total. The first kappa shape index (κ1) is 11.1. The van der Waals surface area contributed by atoms with E-state index in [4.69, 9.17) is 17.3 Å². The van der Waals surface area contributed by atoms with Gasteiger partial charge in [-0.1, -0.05) is 25.4 Å². The van der Waals surface area contributed by atoms with Gasteiger partial charge in [0.05, 0.1) is 10.5 Å². The number of halogens is 2. The molecule has 0 atom stereocenters. The first-order valence-corrected chi connectivity index (χ1v) is 5.42. The molecule has 1 aromatic carbocycles. The molecule has 0 bridgehead atoms. The Morgan fingerprint density at radius 1 is 1.31 bits per heavy atom. The predicted octanol–water partition coefficient (Wildman–Crippen LogP) is 3.73. The van der Waals surface area contributed by atoms with Gasteiger partial charge in [0.25, 0.3) is 0 Å². The van der Waals surface area contributed by atoms with E-state index < -0.39 is 0 Å². The summed E-state index contributed by atoms with van der Waals surface area (Å²) >= 11 is 5.91. The molecule has 2 nitrogen and oxygen atoms in total. The van der Waals surface area contributed by atoms with Crippen LogP contribution in [0.5, 0.6) is 0 Å². The minimum atomic E-state index is -0.362. The quantitative estimate of drug-likeness (QED) is 0.822. The van der Waals surface area contributed by atoms with Crippen molar-refractivity contribution in [1.29, 1.82) is 0 Å². The second kappa shape index (κ2) is 3.91. The first-order chi connectivity index (χ1) is 7.49. The second-order valence-electron chi connectivity index (χ2n) is 4.08. The molecule has 0 saturated carbocycles. The third-order valence-electron chi connectivity index (χ3n) is 2.52. The third-order valence-corrected chi connectivity index (χ3v) is 2.81. The molecule has 0 aliphatic rings. The highest BCUT2D eigenvalue weighted by molar-refractivity contribution is 6.35. The van der Waals surface area contributed by atoms with Crippen molar-refractivity contribution in [3.63, 3.8) is 0 Å². The Hall–Kier alpha value is -1.35. The van der Waals surface area contributed by atoms with Crippen LogP contribution in [-0.4, -0.2) is 4.98 Å². The number of nitrogen functional groups attached to an aromatic ring is 1. The Kier molecular flexibility index (Phi) is 2.72. The van der Waals surface area contributed by atoms with E-state index in [1.165, 1.54) is 12.1 Å². The first-order valence-electron chi connectivity index (χ1n) is 5.04. The van der Waals surface area contributed by atoms with Crippen molar-refractivity contribution < 1.29 is 4.39 Å². The van der Waals surface area contributed by atoms with Crippen LogP contribution in [0.4, 0.5) is 10.2 Å². The van der Waals surface area contributed by atoms with Gasteiger partial charge in [0.15, 0.2) is 0 Å². The molecule has 0 amide bonds. The summed E-state index contributed by atoms with van der Waals surface area (Å²) in [4.78, 5) is 4.22. The largest absolute Gasteiger partial charge is 0.383 e. The maximum Gasteiger partial charge on any atom is 0.127 e. The Bertz CT molecular complexity index is 552. The highest BCUT2D eigenvalue weighted by atomic mass is 35.5. The molecule has 1 heterocycles. The number of nitrogens with zero attached hydrogens (tertiary/aromatic N) is 1. The lowest BCUT2D eigenvalue weighted by molar-refractivity contribution is 0.629. The van der Waals surface area contributed by atoms with Crippen LogP contribution in [0.3, 0.4) is 0 Å². The van der Waals surface area contributed by atoms with E-state index in [1.54, 1.807) is 0 Å². The molecule has 2 aromatic rings. The van der Waals surface area contributed by atoms with E-state index in [0.717, 1.165) is 5.56 Å². The van der Waals surface area contributed by atoms with Crippen molar-refractivity contribution in [2.75, 3.05) is 5.73 Å². The number of hydrogen-bond donors (Lipinski definition) is 1. The monoisotopic (exact) mass is 238 g/mol. The molecular weight excluding hydrogens is 227 g/mol. The maximum absolute atomic E-state index is 13.2. The van der Waals surface area contributed by atoms with Crippen LogP contribution in [0.25, 0.3) is 10.9 Å². The molecule has 0 spiro atoms. The fraction of sp³-hybridized carbons (Fsp3) is 0.250. The van der Waals surface area contributed by atoms with Gasteiger partial charge >= 0.3 is 0 Å². The Morgan fingerprint density at radius 2 is 2.00 bits per heavy atom. The molecular formula is C12H12ClFN2. The van der Waals surface area contributed by atoms with E-state index in [9.17, 15) is 4.39 Å². The van der Waals surface area contributed by atoms with E-state index in [0.29, 0.717) is 16.7 Å². The normalized spacial score (nSPS) is 11.3. The van der Waals surface area contributed by atoms with Crippen molar-refractivity contribution in [2.24, 2.45) is 0 Å². The zero-order valence-electron chi connectivity index (χ0n) is 9.09. The van der Waals surface area contributed by atoms with Gasteiger partial charge in [-0.25, -0.2) is 9.37 Å². The standard InChI is InChI=1S/C12H12ClFN2/c1-6(2)9-4-7-3-8(14)5-10(13)11(7)16-12(9)15/h3-6H,1-2H3,(H2,15,16). The number of pyridine rings is 1. The summed E-state index contributed by atoms with van der Waals surface area (Å²) in [6.45, 7) is 4.03. The smallest absolute Gasteiger partial charge is 0.127 e. The topological polar surface area (TPSA) is 38.9 Å². The van der Waals surface area contributed by atoms with E-state index in [1.807, 2.05) is 19.9 Å². The summed E-state index contributed by atoms with van der Waals surface area (Å²) < 4.78 is 13.2. The van der Waals surface area contributed by atoms with E-state index >= 15 is 0 Å². The number of aromatic nitrogens is 1. The minimum absolute atomic E-state index is 0.249. The number of nitrogens with two attached hydrogens (primary N) is 1. The molecule has 16 heavy (non-hydrogen) atoms. The van der Waals surface area contributed by atoms with Crippen molar-refractivity contribution >= 4 is 28.3 Å². The summed E-state index contributed by atoms with van der Waals surface area (Å²) in [5.74, 6) is 0.341. The zero-order chi connectivity index (χ0) is 11.9. The maximum atomic E-state index is 13.2. The summed E-state index contributed by atoms with van der Waals surface area (Å²) in [5, 5.41) is 0.972. The molecule has 0 radical (unpaired) electrons. The van der Waals surface area contributed by atoms with Crippen LogP contribution in [-0.2, 0) is 0 Å². The minimum Gasteiger partial charge on any atom is -0.383 e. The fourth-order valence-electron chi connectivity index (χ4n) is 1.70. The summed E-state index contributed by atoms with van der Waals surface area (Å²) in [5.41, 5.74) is 7.29. The van der Waals surface area contributed by atoms with Gasteiger partial charge in [-0.3, -0.25) is 0 Å². The Balaban J connectivity index is 2.79. The van der Waals surface area contributed by atoms with Gasteiger partial charge in [-0.15, -0.1) is 0 Å². The lowest BCUT2D eigenvalue weighted by Crippen LogP contribution is -2.00. The second-order valence-corrected chi connectivity index (χ2v) is 4.48. The fourth-order valence-corrected chi connectivity index (χ4v) is 1.96. The van der Waals surface area contributed by atoms with Crippen molar-refractivity contribution in [1.82, 2.24) is 4.98 Å². The molecule has 0 saturated heterocycles. The van der Waals surface area contributed by atoms with Crippen LogP contribution in [0.15, 0.2) is 18.2 Å². The average molecular weight is 239 g/mol. The molecule has 0 fully saturated rings. The number of fused-ring (bicyclic) bond motifs is 1. The Labute approximate surface area is 98.2 Å². The van der Waals surface area contributed by atoms with Gasteiger partial charge in [0.1, 0.15) is 11.6 Å². The van der Waals surface area contributed by atoms with Crippen LogP contribution in [0, 0.1) is 5.82 Å². The summed E-state index contributed by atoms with van der Waals surface area (Å²) in [7, 11) is 0. The molecule has 0 aliphatic heterocycles. The molecule has 1 aromatic heterocycles. The van der Waals surface area contributed by atoms with Crippen LogP contribution in [0.2, 0.25) is 5.02 Å². The molecule has 4 heteroatoms. The van der Waals surface area contributed by atoms with Gasteiger partial charge in [-0.05, 0) is 29.7 Å². The van der Waals surface area contributed by atoms with Crippen LogP contribution in [0.1, 0.15) is 25.3 Å². The van der Waals surface area contributed by atoms with Crippen molar-refractivity contribution in [3.8, 4) is 0 Å². The summed E-state index contributed by atoms with van der Waals surface area (Å²) in [6.07, 6.45) is 0. The highest BCUT2D eigenvalue weighted by Crippen LogP contribution is 2.29. The van der Waals surface area contributed by atoms with Crippen LogP contribution < -0.4 is 5.73 Å². The van der Waals surface area contributed by atoms with Crippen molar-refractivity contribution in [3.05, 3.63) is 34.6 Å². The number of benzene rings is 1. The number of anilines is 1. The zero-order valence-corrected chi connectivity index (χ0v) is 9.85. The summed E-state index contributed by atoms with van der Waals surface area (Å²) in [6, 6.07) is 4.50. The molecule has 2 rings (SSSR count). The SMILES string of the molecule is CC(C)c1cc2cc(F)cc(Cl)c2nc1N. The molecule has 84 valence electrons. The van der Waals surface area contributed by atoms with E-state index in [-0.39, 0.29) is 16.8 Å². The lowest BCUT2D eigenvalue weighted by atomic mass is 10.0. The van der Waals surface area contributed by atoms with E-state index in [2.05, 4.69) is 4.98 Å². The number of hydrogen-bond acceptors (Lipinski definition) is 2. The van der Waals surface area contributed by atoms with Gasteiger partial charge in [-0.2, -0.15) is 0 Å². The molecule has 0 aliphatic carbocycles. The lowest BCUT2D eigenvalue weighted by Gasteiger charge is -2.10. The van der Waals surface area contributed by atoms with Crippen molar-refractivity contribution in [2.45, 2.75) is 19.8 Å². The Morgan fingerprint density at radius 3 is 2.62 bits per heavy atom.